The third-order valence-electron chi connectivity index (χ3n) is 3.74. The van der Waals surface area contributed by atoms with E-state index >= 15 is 0 Å². The summed E-state index contributed by atoms with van der Waals surface area (Å²) in [7, 11) is 1.97. The van der Waals surface area contributed by atoms with Crippen LogP contribution in [0.3, 0.4) is 0 Å². The number of anilines is 1. The van der Waals surface area contributed by atoms with Gasteiger partial charge in [0.1, 0.15) is 11.8 Å². The fourth-order valence-electron chi connectivity index (χ4n) is 2.39. The average molecular weight is 281 g/mol. The molecule has 1 aromatic heterocycles. The molecule has 1 aromatic carbocycles. The first-order valence-electron chi connectivity index (χ1n) is 7.26. The van der Waals surface area contributed by atoms with Gasteiger partial charge in [0.2, 0.25) is 0 Å². The summed E-state index contributed by atoms with van der Waals surface area (Å²) in [6, 6.07) is 12.9. The van der Waals surface area contributed by atoms with Crippen LogP contribution < -0.4 is 10.2 Å². The van der Waals surface area contributed by atoms with Crippen LogP contribution in [0.2, 0.25) is 0 Å². The molecule has 0 saturated heterocycles. The van der Waals surface area contributed by atoms with Gasteiger partial charge in [-0.05, 0) is 42.7 Å². The highest BCUT2D eigenvalue weighted by atomic mass is 16.3. The highest BCUT2D eigenvalue weighted by molar-refractivity contribution is 5.60. The molecule has 3 rings (SSSR count). The Hall–Kier alpha value is -2.25. The predicted octanol–water partition coefficient (Wildman–Crippen LogP) is 3.04. The summed E-state index contributed by atoms with van der Waals surface area (Å²) in [6.07, 6.45) is 4.21. The van der Waals surface area contributed by atoms with Gasteiger partial charge in [0, 0.05) is 19.6 Å². The second kappa shape index (κ2) is 6.02. The number of rotatable bonds is 6. The van der Waals surface area contributed by atoms with Gasteiger partial charge in [-0.15, -0.1) is 0 Å². The van der Waals surface area contributed by atoms with E-state index in [1.807, 2.05) is 36.2 Å². The Kier molecular flexibility index (Phi) is 3.94. The minimum absolute atomic E-state index is 0.654. The third-order valence-corrected chi connectivity index (χ3v) is 3.74. The molecule has 1 fully saturated rings. The molecule has 1 aliphatic carbocycles. The Morgan fingerprint density at radius 1 is 1.38 bits per heavy atom. The number of hydrogen-bond donors (Lipinski definition) is 1. The van der Waals surface area contributed by atoms with Crippen LogP contribution in [0.25, 0.3) is 0 Å². The van der Waals surface area contributed by atoms with Gasteiger partial charge < -0.3 is 14.6 Å². The van der Waals surface area contributed by atoms with Crippen LogP contribution in [0, 0.1) is 11.3 Å². The molecule has 0 bridgehead atoms. The molecular weight excluding hydrogens is 262 g/mol. The summed E-state index contributed by atoms with van der Waals surface area (Å²) < 4.78 is 5.36. The van der Waals surface area contributed by atoms with Crippen LogP contribution >= 0.6 is 0 Å². The molecule has 1 aliphatic rings. The fraction of sp³-hybridized carbons (Fsp3) is 0.353. The van der Waals surface area contributed by atoms with Gasteiger partial charge >= 0.3 is 0 Å². The SMILES string of the molecule is CN(Cc1ccco1)c1ccc(CNC2CC2)cc1C#N. The topological polar surface area (TPSA) is 52.2 Å². The summed E-state index contributed by atoms with van der Waals surface area (Å²) in [4.78, 5) is 2.04. The molecule has 21 heavy (non-hydrogen) atoms. The molecule has 108 valence electrons. The highest BCUT2D eigenvalue weighted by Gasteiger charge is 2.20. The Bertz CT molecular complexity index is 639. The largest absolute Gasteiger partial charge is 0.467 e. The molecule has 1 N–H and O–H groups in total. The molecule has 0 unspecified atom stereocenters. The lowest BCUT2D eigenvalue weighted by Gasteiger charge is -2.20. The molecule has 4 nitrogen and oxygen atoms in total. The lowest BCUT2D eigenvalue weighted by atomic mass is 10.1. The zero-order chi connectivity index (χ0) is 14.7. The van der Waals surface area contributed by atoms with Crippen molar-refractivity contribution in [2.75, 3.05) is 11.9 Å². The maximum absolute atomic E-state index is 9.39. The molecule has 0 amide bonds. The van der Waals surface area contributed by atoms with Gasteiger partial charge in [0.05, 0.1) is 24.1 Å². The maximum atomic E-state index is 9.39. The van der Waals surface area contributed by atoms with Gasteiger partial charge in [-0.25, -0.2) is 0 Å². The summed E-state index contributed by atoms with van der Waals surface area (Å²) >= 11 is 0. The number of benzene rings is 1. The van der Waals surface area contributed by atoms with Crippen LogP contribution in [0.15, 0.2) is 41.0 Å². The van der Waals surface area contributed by atoms with Crippen LogP contribution in [0.4, 0.5) is 5.69 Å². The molecule has 4 heteroatoms. The number of nitrogens with zero attached hydrogens (tertiary/aromatic N) is 2. The molecule has 0 aliphatic heterocycles. The van der Waals surface area contributed by atoms with Crippen molar-refractivity contribution in [3.63, 3.8) is 0 Å². The van der Waals surface area contributed by atoms with Crippen molar-refractivity contribution in [3.8, 4) is 6.07 Å². The molecule has 0 spiro atoms. The minimum atomic E-state index is 0.654. The lowest BCUT2D eigenvalue weighted by molar-refractivity contribution is 0.507. The number of nitrogens with one attached hydrogen (secondary N) is 1. The predicted molar refractivity (Wildman–Crippen MR) is 81.8 cm³/mol. The van der Waals surface area contributed by atoms with Crippen molar-refractivity contribution in [1.29, 1.82) is 5.26 Å². The number of nitriles is 1. The zero-order valence-electron chi connectivity index (χ0n) is 12.2. The highest BCUT2D eigenvalue weighted by Crippen LogP contribution is 2.23. The summed E-state index contributed by atoms with van der Waals surface area (Å²) in [5.74, 6) is 0.890. The van der Waals surface area contributed by atoms with Crippen LogP contribution in [-0.4, -0.2) is 13.1 Å². The minimum Gasteiger partial charge on any atom is -0.467 e. The normalized spacial score (nSPS) is 13.9. The van der Waals surface area contributed by atoms with E-state index < -0.39 is 0 Å². The van der Waals surface area contributed by atoms with Gasteiger partial charge in [-0.2, -0.15) is 5.26 Å². The van der Waals surface area contributed by atoms with E-state index in [4.69, 9.17) is 4.42 Å². The fourth-order valence-corrected chi connectivity index (χ4v) is 2.39. The van der Waals surface area contributed by atoms with E-state index in [-0.39, 0.29) is 0 Å². The van der Waals surface area contributed by atoms with Crippen molar-refractivity contribution >= 4 is 5.69 Å². The van der Waals surface area contributed by atoms with Crippen LogP contribution in [-0.2, 0) is 13.1 Å². The second-order valence-corrected chi connectivity index (χ2v) is 5.55. The molecule has 0 atom stereocenters. The van der Waals surface area contributed by atoms with Crippen molar-refractivity contribution in [1.82, 2.24) is 5.32 Å². The van der Waals surface area contributed by atoms with E-state index in [1.165, 1.54) is 12.8 Å². The van der Waals surface area contributed by atoms with Crippen LogP contribution in [0.1, 0.15) is 29.7 Å². The molecule has 1 heterocycles. The van der Waals surface area contributed by atoms with E-state index in [9.17, 15) is 5.26 Å². The zero-order valence-corrected chi connectivity index (χ0v) is 12.2. The molecule has 0 radical (unpaired) electrons. The van der Waals surface area contributed by atoms with Gasteiger partial charge in [-0.3, -0.25) is 0 Å². The third kappa shape index (κ3) is 3.45. The second-order valence-electron chi connectivity index (χ2n) is 5.55. The molecular formula is C17H19N3O. The van der Waals surface area contributed by atoms with E-state index in [0.717, 1.165) is 23.6 Å². The lowest BCUT2D eigenvalue weighted by Crippen LogP contribution is -2.18. The van der Waals surface area contributed by atoms with Crippen molar-refractivity contribution in [2.24, 2.45) is 0 Å². The maximum Gasteiger partial charge on any atom is 0.123 e. The first kappa shape index (κ1) is 13.7. The quantitative estimate of drug-likeness (QED) is 0.884. The Morgan fingerprint density at radius 3 is 2.90 bits per heavy atom. The van der Waals surface area contributed by atoms with E-state index in [0.29, 0.717) is 18.2 Å². The van der Waals surface area contributed by atoms with Crippen molar-refractivity contribution in [2.45, 2.75) is 32.0 Å². The first-order chi connectivity index (χ1) is 10.3. The summed E-state index contributed by atoms with van der Waals surface area (Å²) in [6.45, 7) is 1.49. The summed E-state index contributed by atoms with van der Waals surface area (Å²) in [5.41, 5.74) is 2.80. The van der Waals surface area contributed by atoms with Gasteiger partial charge in [-0.1, -0.05) is 6.07 Å². The van der Waals surface area contributed by atoms with Crippen LogP contribution in [0.5, 0.6) is 0 Å². The van der Waals surface area contributed by atoms with E-state index in [1.54, 1.807) is 6.26 Å². The Morgan fingerprint density at radius 2 is 2.24 bits per heavy atom. The average Bonchev–Trinajstić information content (AvgIpc) is 3.20. The Labute approximate surface area is 125 Å². The monoisotopic (exact) mass is 281 g/mol. The van der Waals surface area contributed by atoms with E-state index in [2.05, 4.69) is 17.5 Å². The van der Waals surface area contributed by atoms with Crippen molar-refractivity contribution in [3.05, 3.63) is 53.5 Å². The number of hydrogen-bond acceptors (Lipinski definition) is 4. The number of furan rings is 1. The van der Waals surface area contributed by atoms with Gasteiger partial charge in [0.15, 0.2) is 0 Å². The smallest absolute Gasteiger partial charge is 0.123 e. The van der Waals surface area contributed by atoms with Gasteiger partial charge in [0.25, 0.3) is 0 Å². The Balaban J connectivity index is 1.72. The molecule has 2 aromatic rings. The van der Waals surface area contributed by atoms with Crippen molar-refractivity contribution < 1.29 is 4.42 Å². The first-order valence-corrected chi connectivity index (χ1v) is 7.26. The standard InChI is InChI=1S/C17H19N3O/c1-20(12-16-3-2-8-21-16)17-7-4-13(9-14(17)10-18)11-19-15-5-6-15/h2-4,7-9,15,19H,5-6,11-12H2,1H3. The molecule has 1 saturated carbocycles. The summed E-state index contributed by atoms with van der Waals surface area (Å²) in [5, 5.41) is 12.9.